The van der Waals surface area contributed by atoms with Gasteiger partial charge in [0.1, 0.15) is 0 Å². The topological polar surface area (TPSA) is 55.2 Å². The van der Waals surface area contributed by atoms with Gasteiger partial charge in [0.05, 0.1) is 9.40 Å². The summed E-state index contributed by atoms with van der Waals surface area (Å²) in [5.41, 5.74) is 1.33. The van der Waals surface area contributed by atoms with Gasteiger partial charge in [0, 0.05) is 12.6 Å². The van der Waals surface area contributed by atoms with Crippen LogP contribution < -0.4 is 5.32 Å². The van der Waals surface area contributed by atoms with Crippen molar-refractivity contribution in [2.75, 3.05) is 6.54 Å². The van der Waals surface area contributed by atoms with Crippen molar-refractivity contribution >= 4 is 21.6 Å². The SMILES string of the molecule is CC(C)(C)CCNCc1cccc([N+](=O)[O-])c1Br. The molecule has 0 amide bonds. The molecule has 0 saturated heterocycles. The van der Waals surface area contributed by atoms with Gasteiger partial charge in [0.15, 0.2) is 0 Å². The summed E-state index contributed by atoms with van der Waals surface area (Å²) in [6.07, 6.45) is 1.07. The Hall–Kier alpha value is -0.940. The molecule has 0 radical (unpaired) electrons. The molecule has 4 nitrogen and oxygen atoms in total. The fraction of sp³-hybridized carbons (Fsp3) is 0.538. The minimum absolute atomic E-state index is 0.116. The Balaban J connectivity index is 2.58. The lowest BCUT2D eigenvalue weighted by Gasteiger charge is -2.18. The first-order valence-corrected chi connectivity index (χ1v) is 6.73. The molecule has 18 heavy (non-hydrogen) atoms. The number of hydrogen-bond donors (Lipinski definition) is 1. The summed E-state index contributed by atoms with van der Waals surface area (Å²) >= 11 is 3.29. The van der Waals surface area contributed by atoms with E-state index in [1.165, 1.54) is 6.07 Å². The number of nitro groups is 1. The van der Waals surface area contributed by atoms with Crippen molar-refractivity contribution < 1.29 is 4.92 Å². The smallest absolute Gasteiger partial charge is 0.283 e. The second-order valence-corrected chi connectivity index (χ2v) is 6.29. The van der Waals surface area contributed by atoms with Crippen LogP contribution in [0.2, 0.25) is 0 Å². The van der Waals surface area contributed by atoms with Gasteiger partial charge < -0.3 is 5.32 Å². The molecule has 0 heterocycles. The summed E-state index contributed by atoms with van der Waals surface area (Å²) in [4.78, 5) is 10.4. The third kappa shape index (κ3) is 4.74. The highest BCUT2D eigenvalue weighted by Crippen LogP contribution is 2.28. The Labute approximate surface area is 116 Å². The summed E-state index contributed by atoms with van der Waals surface area (Å²) in [6.45, 7) is 8.12. The third-order valence-electron chi connectivity index (χ3n) is 2.62. The molecule has 0 unspecified atom stereocenters. The predicted octanol–water partition coefficient (Wildman–Crippen LogP) is 3.88. The molecule has 100 valence electrons. The molecule has 0 aliphatic rings. The van der Waals surface area contributed by atoms with Gasteiger partial charge >= 0.3 is 0 Å². The largest absolute Gasteiger partial charge is 0.313 e. The Morgan fingerprint density at radius 1 is 1.39 bits per heavy atom. The highest BCUT2D eigenvalue weighted by molar-refractivity contribution is 9.10. The van der Waals surface area contributed by atoms with E-state index in [1.54, 1.807) is 6.07 Å². The molecule has 0 atom stereocenters. The first-order chi connectivity index (χ1) is 8.31. The summed E-state index contributed by atoms with van der Waals surface area (Å²) in [7, 11) is 0. The molecule has 1 N–H and O–H groups in total. The van der Waals surface area contributed by atoms with Gasteiger partial charge in [-0.3, -0.25) is 10.1 Å². The second kappa shape index (κ2) is 6.29. The molecule has 5 heteroatoms. The summed E-state index contributed by atoms with van der Waals surface area (Å²) < 4.78 is 0.568. The lowest BCUT2D eigenvalue weighted by Crippen LogP contribution is -2.20. The minimum Gasteiger partial charge on any atom is -0.313 e. The Bertz CT molecular complexity index is 427. The number of halogens is 1. The first-order valence-electron chi connectivity index (χ1n) is 5.94. The van der Waals surface area contributed by atoms with Gasteiger partial charge in [0.25, 0.3) is 5.69 Å². The maximum absolute atomic E-state index is 10.8. The number of nitrogens with zero attached hydrogens (tertiary/aromatic N) is 1. The van der Waals surface area contributed by atoms with Crippen LogP contribution in [0.5, 0.6) is 0 Å². The van der Waals surface area contributed by atoms with Crippen LogP contribution in [0.1, 0.15) is 32.8 Å². The average molecular weight is 315 g/mol. The van der Waals surface area contributed by atoms with E-state index in [0.717, 1.165) is 18.5 Å². The van der Waals surface area contributed by atoms with E-state index < -0.39 is 0 Å². The summed E-state index contributed by atoms with van der Waals surface area (Å²) in [5, 5.41) is 14.1. The van der Waals surface area contributed by atoms with Crippen LogP contribution in [0.3, 0.4) is 0 Å². The van der Waals surface area contributed by atoms with Gasteiger partial charge in [-0.2, -0.15) is 0 Å². The molecule has 0 spiro atoms. The van der Waals surface area contributed by atoms with E-state index in [0.29, 0.717) is 16.4 Å². The molecule has 0 bridgehead atoms. The van der Waals surface area contributed by atoms with Crippen molar-refractivity contribution in [3.63, 3.8) is 0 Å². The molecule has 1 aromatic carbocycles. The fourth-order valence-electron chi connectivity index (χ4n) is 1.53. The minimum atomic E-state index is -0.372. The van der Waals surface area contributed by atoms with Gasteiger partial charge in [-0.05, 0) is 39.9 Å². The van der Waals surface area contributed by atoms with Crippen LogP contribution in [-0.4, -0.2) is 11.5 Å². The molecule has 0 aliphatic heterocycles. The Morgan fingerprint density at radius 2 is 2.06 bits per heavy atom. The number of nitro benzene ring substituents is 1. The molecule has 1 aromatic rings. The van der Waals surface area contributed by atoms with Gasteiger partial charge in [-0.25, -0.2) is 0 Å². The lowest BCUT2D eigenvalue weighted by molar-refractivity contribution is -0.385. The van der Waals surface area contributed by atoms with E-state index in [9.17, 15) is 10.1 Å². The monoisotopic (exact) mass is 314 g/mol. The molecule has 0 fully saturated rings. The standard InChI is InChI=1S/C13H19BrN2O2/c1-13(2,3)7-8-15-9-10-5-4-6-11(12(10)14)16(17)18/h4-6,15H,7-9H2,1-3H3. The normalized spacial score (nSPS) is 11.6. The van der Waals surface area contributed by atoms with Crippen LogP contribution in [0.15, 0.2) is 22.7 Å². The Morgan fingerprint density at radius 3 is 2.61 bits per heavy atom. The van der Waals surface area contributed by atoms with Crippen LogP contribution >= 0.6 is 15.9 Å². The Kier molecular flexibility index (Phi) is 5.28. The van der Waals surface area contributed by atoms with Crippen LogP contribution in [-0.2, 0) is 6.54 Å². The summed E-state index contributed by atoms with van der Waals surface area (Å²) in [6, 6.07) is 5.10. The fourth-order valence-corrected chi connectivity index (χ4v) is 2.08. The number of nitrogens with one attached hydrogen (secondary N) is 1. The van der Waals surface area contributed by atoms with Crippen molar-refractivity contribution in [1.29, 1.82) is 0 Å². The van der Waals surface area contributed by atoms with E-state index in [2.05, 4.69) is 42.0 Å². The summed E-state index contributed by atoms with van der Waals surface area (Å²) in [5.74, 6) is 0. The van der Waals surface area contributed by atoms with E-state index in [4.69, 9.17) is 0 Å². The number of rotatable bonds is 5. The van der Waals surface area contributed by atoms with Crippen LogP contribution in [0.25, 0.3) is 0 Å². The van der Waals surface area contributed by atoms with Crippen molar-refractivity contribution in [2.45, 2.75) is 33.7 Å². The molecule has 0 aliphatic carbocycles. The quantitative estimate of drug-likeness (QED) is 0.509. The predicted molar refractivity (Wildman–Crippen MR) is 76.6 cm³/mol. The van der Waals surface area contributed by atoms with Crippen molar-refractivity contribution in [2.24, 2.45) is 5.41 Å². The molecule has 0 saturated carbocycles. The zero-order valence-corrected chi connectivity index (χ0v) is 12.6. The second-order valence-electron chi connectivity index (χ2n) is 5.49. The van der Waals surface area contributed by atoms with Gasteiger partial charge in [0.2, 0.25) is 0 Å². The third-order valence-corrected chi connectivity index (χ3v) is 3.54. The molecule has 0 aromatic heterocycles. The number of benzene rings is 1. The zero-order chi connectivity index (χ0) is 13.8. The average Bonchev–Trinajstić information content (AvgIpc) is 2.24. The molecular weight excluding hydrogens is 296 g/mol. The lowest BCUT2D eigenvalue weighted by atomic mass is 9.92. The maximum atomic E-state index is 10.8. The van der Waals surface area contributed by atoms with Crippen molar-refractivity contribution in [1.82, 2.24) is 5.32 Å². The highest BCUT2D eigenvalue weighted by atomic mass is 79.9. The van der Waals surface area contributed by atoms with Gasteiger partial charge in [-0.1, -0.05) is 32.9 Å². The highest BCUT2D eigenvalue weighted by Gasteiger charge is 2.14. The van der Waals surface area contributed by atoms with E-state index >= 15 is 0 Å². The number of hydrogen-bond acceptors (Lipinski definition) is 3. The van der Waals surface area contributed by atoms with Crippen LogP contribution in [0, 0.1) is 15.5 Å². The molecular formula is C13H19BrN2O2. The molecule has 1 rings (SSSR count). The van der Waals surface area contributed by atoms with E-state index in [-0.39, 0.29) is 10.6 Å². The first kappa shape index (κ1) is 15.1. The zero-order valence-electron chi connectivity index (χ0n) is 11.0. The van der Waals surface area contributed by atoms with Crippen molar-refractivity contribution in [3.05, 3.63) is 38.3 Å². The van der Waals surface area contributed by atoms with E-state index in [1.807, 2.05) is 6.07 Å². The van der Waals surface area contributed by atoms with Crippen LogP contribution in [0.4, 0.5) is 5.69 Å². The van der Waals surface area contributed by atoms with Crippen molar-refractivity contribution in [3.8, 4) is 0 Å². The van der Waals surface area contributed by atoms with Gasteiger partial charge in [-0.15, -0.1) is 0 Å². The maximum Gasteiger partial charge on any atom is 0.283 e.